The zero-order chi connectivity index (χ0) is 11.8. The number of hydrogen-bond acceptors (Lipinski definition) is 2. The second-order valence-electron chi connectivity index (χ2n) is 4.61. The van der Waals surface area contributed by atoms with Crippen molar-refractivity contribution in [1.82, 2.24) is 10.2 Å². The van der Waals surface area contributed by atoms with E-state index in [9.17, 15) is 9.59 Å². The third-order valence-electron chi connectivity index (χ3n) is 3.27. The van der Waals surface area contributed by atoms with Crippen molar-refractivity contribution in [1.29, 1.82) is 0 Å². The van der Waals surface area contributed by atoms with Gasteiger partial charge in [-0.05, 0) is 18.4 Å². The Labute approximate surface area is 99.6 Å². The lowest BCUT2D eigenvalue weighted by atomic mass is 10.0. The molecular formula is C13H14N2O2. The van der Waals surface area contributed by atoms with Gasteiger partial charge in [0.25, 0.3) is 5.91 Å². The first-order valence-electron chi connectivity index (χ1n) is 5.90. The van der Waals surface area contributed by atoms with Crippen molar-refractivity contribution in [3.05, 3.63) is 35.9 Å². The summed E-state index contributed by atoms with van der Waals surface area (Å²) >= 11 is 0. The van der Waals surface area contributed by atoms with Crippen molar-refractivity contribution in [3.8, 4) is 0 Å². The maximum Gasteiger partial charge on any atom is 0.250 e. The van der Waals surface area contributed by atoms with Crippen molar-refractivity contribution in [2.45, 2.75) is 24.9 Å². The molecule has 2 amide bonds. The van der Waals surface area contributed by atoms with Crippen molar-refractivity contribution in [3.63, 3.8) is 0 Å². The fourth-order valence-electron chi connectivity index (χ4n) is 2.23. The number of rotatable bonds is 2. The molecule has 1 aromatic carbocycles. The lowest BCUT2D eigenvalue weighted by Crippen LogP contribution is -2.54. The molecule has 17 heavy (non-hydrogen) atoms. The zero-order valence-corrected chi connectivity index (χ0v) is 9.43. The van der Waals surface area contributed by atoms with Crippen LogP contribution in [-0.4, -0.2) is 29.3 Å². The summed E-state index contributed by atoms with van der Waals surface area (Å²) in [6.45, 7) is 0.215. The van der Waals surface area contributed by atoms with Crippen LogP contribution in [0.15, 0.2) is 30.3 Å². The topological polar surface area (TPSA) is 49.4 Å². The molecule has 0 radical (unpaired) electrons. The van der Waals surface area contributed by atoms with Gasteiger partial charge in [0, 0.05) is 6.04 Å². The van der Waals surface area contributed by atoms with Crippen LogP contribution in [0, 0.1) is 0 Å². The predicted molar refractivity (Wildman–Crippen MR) is 62.1 cm³/mol. The maximum atomic E-state index is 12.3. The summed E-state index contributed by atoms with van der Waals surface area (Å²) in [5, 5.41) is 2.76. The molecule has 0 spiro atoms. The summed E-state index contributed by atoms with van der Waals surface area (Å²) in [7, 11) is 0. The van der Waals surface area contributed by atoms with E-state index in [-0.39, 0.29) is 18.4 Å². The van der Waals surface area contributed by atoms with Gasteiger partial charge < -0.3 is 10.2 Å². The summed E-state index contributed by atoms with van der Waals surface area (Å²) in [4.78, 5) is 25.6. The van der Waals surface area contributed by atoms with Gasteiger partial charge in [0.15, 0.2) is 0 Å². The van der Waals surface area contributed by atoms with E-state index in [0.717, 1.165) is 18.4 Å². The number of piperazine rings is 1. The van der Waals surface area contributed by atoms with Crippen molar-refractivity contribution >= 4 is 11.8 Å². The fourth-order valence-corrected chi connectivity index (χ4v) is 2.23. The van der Waals surface area contributed by atoms with E-state index in [1.165, 1.54) is 0 Å². The number of benzene rings is 1. The Balaban J connectivity index is 1.88. The van der Waals surface area contributed by atoms with Crippen LogP contribution in [0.4, 0.5) is 0 Å². The van der Waals surface area contributed by atoms with Gasteiger partial charge >= 0.3 is 0 Å². The van der Waals surface area contributed by atoms with Crippen LogP contribution < -0.4 is 5.32 Å². The van der Waals surface area contributed by atoms with Crippen LogP contribution >= 0.6 is 0 Å². The summed E-state index contributed by atoms with van der Waals surface area (Å²) in [6.07, 6.45) is 2.06. The van der Waals surface area contributed by atoms with Gasteiger partial charge in [-0.1, -0.05) is 30.3 Å². The van der Waals surface area contributed by atoms with E-state index in [4.69, 9.17) is 0 Å². The number of nitrogens with one attached hydrogen (secondary N) is 1. The number of amides is 2. The number of hydrogen-bond donors (Lipinski definition) is 1. The van der Waals surface area contributed by atoms with Gasteiger partial charge in [0.1, 0.15) is 6.04 Å². The Bertz CT molecular complexity index is 454. The Morgan fingerprint density at radius 1 is 1.12 bits per heavy atom. The van der Waals surface area contributed by atoms with Gasteiger partial charge in [-0.2, -0.15) is 0 Å². The third kappa shape index (κ3) is 1.90. The molecule has 3 rings (SSSR count). The number of nitrogens with zero attached hydrogens (tertiary/aromatic N) is 1. The van der Waals surface area contributed by atoms with Crippen LogP contribution in [0.3, 0.4) is 0 Å². The lowest BCUT2D eigenvalue weighted by Gasteiger charge is -2.32. The van der Waals surface area contributed by atoms with Gasteiger partial charge in [0.2, 0.25) is 5.91 Å². The molecule has 1 unspecified atom stereocenters. The molecule has 2 fully saturated rings. The highest BCUT2D eigenvalue weighted by Gasteiger charge is 2.41. The van der Waals surface area contributed by atoms with E-state index < -0.39 is 6.04 Å². The van der Waals surface area contributed by atoms with Crippen LogP contribution in [0.25, 0.3) is 0 Å². The summed E-state index contributed by atoms with van der Waals surface area (Å²) in [6, 6.07) is 9.20. The first-order valence-corrected chi connectivity index (χ1v) is 5.90. The second-order valence-corrected chi connectivity index (χ2v) is 4.61. The molecule has 1 saturated heterocycles. The van der Waals surface area contributed by atoms with Gasteiger partial charge in [-0.25, -0.2) is 0 Å². The van der Waals surface area contributed by atoms with Gasteiger partial charge in [0.05, 0.1) is 6.54 Å². The molecule has 4 heteroatoms. The highest BCUT2D eigenvalue weighted by atomic mass is 16.2. The molecule has 2 aliphatic rings. The molecule has 1 atom stereocenters. The van der Waals surface area contributed by atoms with Crippen LogP contribution in [0.2, 0.25) is 0 Å². The van der Waals surface area contributed by atoms with Gasteiger partial charge in [-0.15, -0.1) is 0 Å². The fraction of sp³-hybridized carbons (Fsp3) is 0.385. The number of carbonyl (C=O) groups excluding carboxylic acids is 2. The molecule has 1 heterocycles. The van der Waals surface area contributed by atoms with Crippen molar-refractivity contribution in [2.24, 2.45) is 0 Å². The van der Waals surface area contributed by atoms with E-state index in [1.54, 1.807) is 4.90 Å². The van der Waals surface area contributed by atoms with Crippen LogP contribution in [-0.2, 0) is 9.59 Å². The molecule has 88 valence electrons. The monoisotopic (exact) mass is 230 g/mol. The second kappa shape index (κ2) is 3.87. The highest BCUT2D eigenvalue weighted by molar-refractivity contribution is 5.95. The minimum Gasteiger partial charge on any atom is -0.339 e. The molecule has 0 aromatic heterocycles. The van der Waals surface area contributed by atoms with E-state index in [1.807, 2.05) is 30.3 Å². The number of carbonyl (C=O) groups is 2. The average molecular weight is 230 g/mol. The molecule has 0 bridgehead atoms. The Kier molecular flexibility index (Phi) is 2.35. The van der Waals surface area contributed by atoms with Crippen LogP contribution in [0.1, 0.15) is 24.4 Å². The first kappa shape index (κ1) is 10.3. The Morgan fingerprint density at radius 2 is 1.82 bits per heavy atom. The predicted octanol–water partition coefficient (Wildman–Crippen LogP) is 0.849. The molecular weight excluding hydrogens is 216 g/mol. The standard InChI is InChI=1S/C13H14N2O2/c16-11-8-15(10-6-7-10)13(17)12(14-11)9-4-2-1-3-5-9/h1-5,10,12H,6-8H2,(H,14,16). The normalized spacial score (nSPS) is 24.7. The van der Waals surface area contributed by atoms with E-state index >= 15 is 0 Å². The van der Waals surface area contributed by atoms with Crippen LogP contribution in [0.5, 0.6) is 0 Å². The molecule has 4 nitrogen and oxygen atoms in total. The average Bonchev–Trinajstić information content (AvgIpc) is 3.17. The first-order chi connectivity index (χ1) is 8.25. The van der Waals surface area contributed by atoms with E-state index in [2.05, 4.69) is 5.32 Å². The van der Waals surface area contributed by atoms with Gasteiger partial charge in [-0.3, -0.25) is 9.59 Å². The van der Waals surface area contributed by atoms with Crippen molar-refractivity contribution in [2.75, 3.05) is 6.54 Å². The minimum atomic E-state index is -0.502. The summed E-state index contributed by atoms with van der Waals surface area (Å²) in [5.74, 6) is -0.0383. The minimum absolute atomic E-state index is 0.0262. The Morgan fingerprint density at radius 3 is 2.47 bits per heavy atom. The third-order valence-corrected chi connectivity index (χ3v) is 3.27. The molecule has 1 aromatic rings. The maximum absolute atomic E-state index is 12.3. The zero-order valence-electron chi connectivity index (χ0n) is 9.43. The molecule has 1 aliphatic heterocycles. The quantitative estimate of drug-likeness (QED) is 0.818. The Hall–Kier alpha value is -1.84. The van der Waals surface area contributed by atoms with Crippen molar-refractivity contribution < 1.29 is 9.59 Å². The lowest BCUT2D eigenvalue weighted by molar-refractivity contribution is -0.145. The molecule has 1 aliphatic carbocycles. The SMILES string of the molecule is O=C1CN(C2CC2)C(=O)C(c2ccccc2)N1. The summed E-state index contributed by atoms with van der Waals surface area (Å²) < 4.78 is 0. The largest absolute Gasteiger partial charge is 0.339 e. The highest BCUT2D eigenvalue weighted by Crippen LogP contribution is 2.31. The molecule has 1 saturated carbocycles. The summed E-state index contributed by atoms with van der Waals surface area (Å²) in [5.41, 5.74) is 0.858. The van der Waals surface area contributed by atoms with E-state index in [0.29, 0.717) is 6.04 Å². The smallest absolute Gasteiger partial charge is 0.250 e. The molecule has 1 N–H and O–H groups in total.